The fourth-order valence-electron chi connectivity index (χ4n) is 2.57. The Morgan fingerprint density at radius 1 is 1.32 bits per heavy atom. The van der Waals surface area contributed by atoms with Crippen molar-refractivity contribution in [1.29, 1.82) is 0 Å². The summed E-state index contributed by atoms with van der Waals surface area (Å²) < 4.78 is 6.88. The van der Waals surface area contributed by atoms with Crippen molar-refractivity contribution >= 4 is 15.9 Å². The van der Waals surface area contributed by atoms with E-state index in [2.05, 4.69) is 45.6 Å². The van der Waals surface area contributed by atoms with Crippen LogP contribution in [0.4, 0.5) is 0 Å². The van der Waals surface area contributed by atoms with Gasteiger partial charge in [-0.1, -0.05) is 28.1 Å². The van der Waals surface area contributed by atoms with Crippen LogP contribution in [0.2, 0.25) is 0 Å². The number of hydrogen-bond acceptors (Lipinski definition) is 3. The first-order valence-corrected chi connectivity index (χ1v) is 7.89. The average molecular weight is 327 g/mol. The zero-order chi connectivity index (χ0) is 13.5. The molecule has 0 aliphatic carbocycles. The Balaban J connectivity index is 1.77. The molecule has 0 bridgehead atoms. The minimum atomic E-state index is 0.326. The lowest BCUT2D eigenvalue weighted by Gasteiger charge is -2.24. The number of hydrogen-bond donors (Lipinski definition) is 2. The van der Waals surface area contributed by atoms with E-state index in [1.165, 1.54) is 24.8 Å². The van der Waals surface area contributed by atoms with Crippen molar-refractivity contribution in [3.63, 3.8) is 0 Å². The Bertz CT molecular complexity index is 363. The maximum Gasteiger partial charge on any atom is 0.0575 e. The molecule has 1 aromatic carbocycles. The van der Waals surface area contributed by atoms with Crippen LogP contribution in [0.15, 0.2) is 28.7 Å². The molecule has 3 nitrogen and oxygen atoms in total. The van der Waals surface area contributed by atoms with Gasteiger partial charge < -0.3 is 4.74 Å². The second-order valence-corrected chi connectivity index (χ2v) is 6.18. The molecule has 2 rings (SSSR count). The Kier molecular flexibility index (Phi) is 6.31. The van der Waals surface area contributed by atoms with Crippen LogP contribution < -0.4 is 11.3 Å². The average Bonchev–Trinajstić information content (AvgIpc) is 2.46. The van der Waals surface area contributed by atoms with Gasteiger partial charge in [-0.15, -0.1) is 0 Å². The SMILES string of the molecule is NNC(CCC1CCCCO1)Cc1ccc(Br)cc1. The number of ether oxygens (including phenoxy) is 1. The molecule has 1 fully saturated rings. The van der Waals surface area contributed by atoms with Crippen LogP contribution in [0.25, 0.3) is 0 Å². The third-order valence-electron chi connectivity index (χ3n) is 3.74. The zero-order valence-electron chi connectivity index (χ0n) is 11.3. The number of rotatable bonds is 6. The number of halogens is 1. The van der Waals surface area contributed by atoms with E-state index in [1.807, 2.05) is 0 Å². The van der Waals surface area contributed by atoms with Crippen molar-refractivity contribution in [3.8, 4) is 0 Å². The molecule has 1 aliphatic rings. The van der Waals surface area contributed by atoms with Gasteiger partial charge in [0.05, 0.1) is 6.10 Å². The van der Waals surface area contributed by atoms with E-state index in [1.54, 1.807) is 0 Å². The predicted molar refractivity (Wildman–Crippen MR) is 81.8 cm³/mol. The van der Waals surface area contributed by atoms with E-state index in [4.69, 9.17) is 10.6 Å². The zero-order valence-corrected chi connectivity index (χ0v) is 12.9. The van der Waals surface area contributed by atoms with Crippen molar-refractivity contribution < 1.29 is 4.74 Å². The number of nitrogens with one attached hydrogen (secondary N) is 1. The molecule has 1 heterocycles. The number of benzene rings is 1. The summed E-state index contributed by atoms with van der Waals surface area (Å²) in [5.41, 5.74) is 4.25. The highest BCUT2D eigenvalue weighted by atomic mass is 79.9. The quantitative estimate of drug-likeness (QED) is 0.623. The lowest BCUT2D eigenvalue weighted by Crippen LogP contribution is -2.37. The van der Waals surface area contributed by atoms with Gasteiger partial charge >= 0.3 is 0 Å². The fourth-order valence-corrected chi connectivity index (χ4v) is 2.84. The molecule has 0 amide bonds. The van der Waals surface area contributed by atoms with Crippen molar-refractivity contribution in [2.75, 3.05) is 6.61 Å². The molecule has 4 heteroatoms. The smallest absolute Gasteiger partial charge is 0.0575 e. The van der Waals surface area contributed by atoms with Crippen molar-refractivity contribution in [2.24, 2.45) is 5.84 Å². The second-order valence-electron chi connectivity index (χ2n) is 5.26. The van der Waals surface area contributed by atoms with Crippen LogP contribution >= 0.6 is 15.9 Å². The van der Waals surface area contributed by atoms with E-state index in [0.717, 1.165) is 30.3 Å². The van der Waals surface area contributed by atoms with Gasteiger partial charge in [0.15, 0.2) is 0 Å². The lowest BCUT2D eigenvalue weighted by atomic mass is 9.98. The first-order valence-electron chi connectivity index (χ1n) is 7.10. The molecule has 19 heavy (non-hydrogen) atoms. The lowest BCUT2D eigenvalue weighted by molar-refractivity contribution is 0.00858. The molecule has 0 aromatic heterocycles. The van der Waals surface area contributed by atoms with E-state index in [9.17, 15) is 0 Å². The van der Waals surface area contributed by atoms with Crippen LogP contribution in [0.1, 0.15) is 37.7 Å². The van der Waals surface area contributed by atoms with Crippen molar-refractivity contribution in [3.05, 3.63) is 34.3 Å². The van der Waals surface area contributed by atoms with Crippen LogP contribution in [0.3, 0.4) is 0 Å². The molecule has 2 unspecified atom stereocenters. The maximum atomic E-state index is 5.76. The van der Waals surface area contributed by atoms with Gasteiger partial charge in [-0.2, -0.15) is 0 Å². The molecule has 0 spiro atoms. The van der Waals surface area contributed by atoms with Crippen LogP contribution in [0.5, 0.6) is 0 Å². The van der Waals surface area contributed by atoms with Gasteiger partial charge in [-0.05, 0) is 56.2 Å². The van der Waals surface area contributed by atoms with Gasteiger partial charge in [0, 0.05) is 17.1 Å². The summed E-state index contributed by atoms with van der Waals surface area (Å²) in [5.74, 6) is 5.67. The summed E-state index contributed by atoms with van der Waals surface area (Å²) in [5, 5.41) is 0. The molecule has 1 saturated heterocycles. The highest BCUT2D eigenvalue weighted by molar-refractivity contribution is 9.10. The molecule has 2 atom stereocenters. The van der Waals surface area contributed by atoms with E-state index >= 15 is 0 Å². The normalized spacial score (nSPS) is 21.3. The monoisotopic (exact) mass is 326 g/mol. The first kappa shape index (κ1) is 15.0. The Hall–Kier alpha value is -0.420. The van der Waals surface area contributed by atoms with Crippen molar-refractivity contribution in [2.45, 2.75) is 50.7 Å². The fraction of sp³-hybridized carbons (Fsp3) is 0.600. The predicted octanol–water partition coefficient (Wildman–Crippen LogP) is 3.17. The standard InChI is InChI=1S/C15H23BrN2O/c16-13-6-4-12(5-7-13)11-14(18-17)8-9-15-3-1-2-10-19-15/h4-7,14-15,18H,1-3,8-11,17H2. The van der Waals surface area contributed by atoms with E-state index in [-0.39, 0.29) is 0 Å². The Morgan fingerprint density at radius 2 is 2.11 bits per heavy atom. The van der Waals surface area contributed by atoms with Gasteiger partial charge in [0.2, 0.25) is 0 Å². The van der Waals surface area contributed by atoms with Gasteiger partial charge in [-0.3, -0.25) is 11.3 Å². The second kappa shape index (κ2) is 8.00. The summed E-state index contributed by atoms with van der Waals surface area (Å²) in [7, 11) is 0. The summed E-state index contributed by atoms with van der Waals surface area (Å²) in [4.78, 5) is 0. The summed E-state index contributed by atoms with van der Waals surface area (Å²) >= 11 is 3.45. The van der Waals surface area contributed by atoms with Crippen LogP contribution in [-0.2, 0) is 11.2 Å². The molecule has 3 N–H and O–H groups in total. The van der Waals surface area contributed by atoms with E-state index in [0.29, 0.717) is 12.1 Å². The highest BCUT2D eigenvalue weighted by Gasteiger charge is 2.16. The summed E-state index contributed by atoms with van der Waals surface area (Å²) in [6.07, 6.45) is 7.30. The van der Waals surface area contributed by atoms with Crippen molar-refractivity contribution in [1.82, 2.24) is 5.43 Å². The van der Waals surface area contributed by atoms with Gasteiger partial charge in [0.25, 0.3) is 0 Å². The molecule has 1 aliphatic heterocycles. The number of hydrazine groups is 1. The molecule has 106 valence electrons. The van der Waals surface area contributed by atoms with Gasteiger partial charge in [0.1, 0.15) is 0 Å². The largest absolute Gasteiger partial charge is 0.378 e. The molecule has 0 saturated carbocycles. The highest BCUT2D eigenvalue weighted by Crippen LogP contribution is 2.19. The number of nitrogens with two attached hydrogens (primary N) is 1. The molecular formula is C15H23BrN2O. The summed E-state index contributed by atoms with van der Waals surface area (Å²) in [6.45, 7) is 0.929. The van der Waals surface area contributed by atoms with Gasteiger partial charge in [-0.25, -0.2) is 0 Å². The molecule has 1 aromatic rings. The third-order valence-corrected chi connectivity index (χ3v) is 4.27. The topological polar surface area (TPSA) is 47.3 Å². The third kappa shape index (κ3) is 5.22. The summed E-state index contributed by atoms with van der Waals surface area (Å²) in [6, 6.07) is 8.77. The minimum Gasteiger partial charge on any atom is -0.378 e. The van der Waals surface area contributed by atoms with E-state index < -0.39 is 0 Å². The van der Waals surface area contributed by atoms with Crippen LogP contribution in [0, 0.1) is 0 Å². The molecule has 0 radical (unpaired) electrons. The van der Waals surface area contributed by atoms with Crippen LogP contribution in [-0.4, -0.2) is 18.8 Å². The Morgan fingerprint density at radius 3 is 2.74 bits per heavy atom. The molecular weight excluding hydrogens is 304 g/mol. The maximum absolute atomic E-state index is 5.76. The Labute approximate surface area is 124 Å². The first-order chi connectivity index (χ1) is 9.28. The minimum absolute atomic E-state index is 0.326.